The minimum absolute atomic E-state index is 0.424. The molecule has 152 valence electrons. The number of halogens is 1. The van der Waals surface area contributed by atoms with Gasteiger partial charge in [0, 0.05) is 11.9 Å². The Bertz CT molecular complexity index is 1290. The molecule has 0 saturated carbocycles. The summed E-state index contributed by atoms with van der Waals surface area (Å²) in [4.78, 5) is 4.74. The largest absolute Gasteiger partial charge is 0.497 e. The quantitative estimate of drug-likeness (QED) is 0.433. The summed E-state index contributed by atoms with van der Waals surface area (Å²) in [6.45, 7) is 1.94. The molecule has 4 rings (SSSR count). The van der Waals surface area contributed by atoms with E-state index in [4.69, 9.17) is 26.1 Å². The second kappa shape index (κ2) is 8.13. The fraction of sp³-hybridized carbons (Fsp3) is 0.217. The predicted molar refractivity (Wildman–Crippen MR) is 119 cm³/mol. The molecule has 0 fully saturated rings. The third-order valence-electron chi connectivity index (χ3n) is 5.24. The lowest BCUT2D eigenvalue weighted by molar-refractivity contribution is 0.405. The summed E-state index contributed by atoms with van der Waals surface area (Å²) in [6.07, 6.45) is 0.596. The summed E-state index contributed by atoms with van der Waals surface area (Å²) in [5.41, 5.74) is 5.46. The van der Waals surface area contributed by atoms with E-state index in [-0.39, 0.29) is 0 Å². The standard InChI is InChI=1S/C23H21ClN4O2/c1-14-16(10-11-24)22(27-19-12-15(29-2)8-9-21(19)30-3)28-20-7-5-4-6-18(20)26-23(28)17(14)13-25/h4-9,12,27H,10-11H2,1-3H3. The first kappa shape index (κ1) is 19.9. The Morgan fingerprint density at radius 3 is 2.67 bits per heavy atom. The average molecular weight is 421 g/mol. The van der Waals surface area contributed by atoms with Gasteiger partial charge in [0.25, 0.3) is 0 Å². The molecule has 0 radical (unpaired) electrons. The van der Waals surface area contributed by atoms with Crippen molar-refractivity contribution in [3.05, 3.63) is 59.2 Å². The molecule has 0 aliphatic heterocycles. The molecule has 7 heteroatoms. The fourth-order valence-corrected chi connectivity index (χ4v) is 3.95. The number of rotatable bonds is 6. The molecule has 6 nitrogen and oxygen atoms in total. The fourth-order valence-electron chi connectivity index (χ4n) is 3.76. The van der Waals surface area contributed by atoms with E-state index in [0.29, 0.717) is 35.0 Å². The summed E-state index contributed by atoms with van der Waals surface area (Å²) in [5.74, 6) is 2.61. The molecule has 4 aromatic rings. The van der Waals surface area contributed by atoms with Crippen LogP contribution < -0.4 is 14.8 Å². The van der Waals surface area contributed by atoms with Gasteiger partial charge in [0.2, 0.25) is 0 Å². The Labute approximate surface area is 179 Å². The Morgan fingerprint density at radius 2 is 1.97 bits per heavy atom. The molecule has 0 bridgehead atoms. The minimum atomic E-state index is 0.424. The number of alkyl halides is 1. The second-order valence-electron chi connectivity index (χ2n) is 6.83. The molecular formula is C23H21ClN4O2. The highest BCUT2D eigenvalue weighted by Crippen LogP contribution is 2.37. The van der Waals surface area contributed by atoms with E-state index >= 15 is 0 Å². The van der Waals surface area contributed by atoms with Gasteiger partial charge in [0.15, 0.2) is 5.65 Å². The lowest BCUT2D eigenvalue weighted by Crippen LogP contribution is -2.09. The van der Waals surface area contributed by atoms with E-state index in [1.165, 1.54) is 0 Å². The highest BCUT2D eigenvalue weighted by atomic mass is 35.5. The number of methoxy groups -OCH3 is 2. The van der Waals surface area contributed by atoms with Crippen LogP contribution in [-0.2, 0) is 6.42 Å². The Kier molecular flexibility index (Phi) is 5.39. The molecular weight excluding hydrogens is 400 g/mol. The van der Waals surface area contributed by atoms with Crippen LogP contribution in [0.25, 0.3) is 16.7 Å². The number of hydrogen-bond acceptors (Lipinski definition) is 5. The van der Waals surface area contributed by atoms with Crippen molar-refractivity contribution in [2.75, 3.05) is 25.4 Å². The molecule has 0 unspecified atom stereocenters. The number of anilines is 2. The van der Waals surface area contributed by atoms with E-state index in [2.05, 4.69) is 11.4 Å². The van der Waals surface area contributed by atoms with E-state index in [1.807, 2.05) is 53.8 Å². The van der Waals surface area contributed by atoms with Crippen LogP contribution in [0.2, 0.25) is 0 Å². The summed E-state index contributed by atoms with van der Waals surface area (Å²) < 4.78 is 12.9. The summed E-state index contributed by atoms with van der Waals surface area (Å²) in [7, 11) is 3.25. The highest BCUT2D eigenvalue weighted by molar-refractivity contribution is 6.18. The Morgan fingerprint density at radius 1 is 1.17 bits per heavy atom. The van der Waals surface area contributed by atoms with Crippen LogP contribution in [0.15, 0.2) is 42.5 Å². The van der Waals surface area contributed by atoms with Gasteiger partial charge in [-0.15, -0.1) is 11.6 Å². The Hall–Kier alpha value is -3.43. The molecule has 1 N–H and O–H groups in total. The van der Waals surface area contributed by atoms with Crippen molar-refractivity contribution in [1.82, 2.24) is 9.38 Å². The number of benzene rings is 2. The molecule has 2 heterocycles. The van der Waals surface area contributed by atoms with E-state index in [0.717, 1.165) is 33.7 Å². The average Bonchev–Trinajstić information content (AvgIpc) is 3.15. The molecule has 0 aliphatic carbocycles. The molecule has 2 aromatic heterocycles. The smallest absolute Gasteiger partial charge is 0.157 e. The van der Waals surface area contributed by atoms with E-state index in [9.17, 15) is 5.26 Å². The zero-order valence-electron chi connectivity index (χ0n) is 17.0. The van der Waals surface area contributed by atoms with Crippen LogP contribution >= 0.6 is 11.6 Å². The number of ether oxygens (including phenoxy) is 2. The van der Waals surface area contributed by atoms with Crippen molar-refractivity contribution in [3.63, 3.8) is 0 Å². The van der Waals surface area contributed by atoms with Crippen molar-refractivity contribution in [2.24, 2.45) is 0 Å². The first-order valence-corrected chi connectivity index (χ1v) is 10.0. The molecule has 0 amide bonds. The van der Waals surface area contributed by atoms with E-state index in [1.54, 1.807) is 14.2 Å². The third-order valence-corrected chi connectivity index (χ3v) is 5.43. The zero-order chi connectivity index (χ0) is 21.3. The number of pyridine rings is 1. The van der Waals surface area contributed by atoms with Gasteiger partial charge in [-0.2, -0.15) is 5.26 Å². The predicted octanol–water partition coefficient (Wildman–Crippen LogP) is 5.21. The first-order valence-electron chi connectivity index (χ1n) is 9.50. The van der Waals surface area contributed by atoms with Gasteiger partial charge in [-0.25, -0.2) is 4.98 Å². The van der Waals surface area contributed by atoms with Crippen molar-refractivity contribution < 1.29 is 9.47 Å². The third kappa shape index (κ3) is 3.17. The molecule has 0 saturated heterocycles. The lowest BCUT2D eigenvalue weighted by Gasteiger charge is -2.20. The van der Waals surface area contributed by atoms with Crippen LogP contribution in [0.3, 0.4) is 0 Å². The van der Waals surface area contributed by atoms with Gasteiger partial charge < -0.3 is 14.8 Å². The normalized spacial score (nSPS) is 10.9. The zero-order valence-corrected chi connectivity index (χ0v) is 17.7. The number of aromatic nitrogens is 2. The summed E-state index contributed by atoms with van der Waals surface area (Å²) >= 11 is 6.15. The lowest BCUT2D eigenvalue weighted by atomic mass is 10.0. The van der Waals surface area contributed by atoms with Crippen molar-refractivity contribution >= 4 is 39.8 Å². The first-order chi connectivity index (χ1) is 14.6. The van der Waals surface area contributed by atoms with Gasteiger partial charge in [-0.3, -0.25) is 4.40 Å². The number of fused-ring (bicyclic) bond motifs is 3. The maximum Gasteiger partial charge on any atom is 0.157 e. The molecule has 2 aromatic carbocycles. The van der Waals surface area contributed by atoms with Gasteiger partial charge in [0.05, 0.1) is 36.5 Å². The Balaban J connectivity index is 2.08. The number of nitrogens with one attached hydrogen (secondary N) is 1. The number of hydrogen-bond donors (Lipinski definition) is 1. The van der Waals surface area contributed by atoms with E-state index < -0.39 is 0 Å². The number of imidazole rings is 1. The SMILES string of the molecule is COc1ccc(OC)c(Nc2c(CCCl)c(C)c(C#N)c3nc4ccccc4n23)c1. The molecule has 0 aliphatic rings. The highest BCUT2D eigenvalue weighted by Gasteiger charge is 2.21. The number of nitrogens with zero attached hydrogens (tertiary/aromatic N) is 3. The van der Waals surface area contributed by atoms with Gasteiger partial charge in [0.1, 0.15) is 23.4 Å². The van der Waals surface area contributed by atoms with Crippen LogP contribution in [0.5, 0.6) is 11.5 Å². The number of nitriles is 1. The van der Waals surface area contributed by atoms with Crippen molar-refractivity contribution in [3.8, 4) is 17.6 Å². The molecule has 0 atom stereocenters. The van der Waals surface area contributed by atoms with Crippen LogP contribution in [0.4, 0.5) is 11.5 Å². The summed E-state index contributed by atoms with van der Waals surface area (Å²) in [6, 6.07) is 15.7. The topological polar surface area (TPSA) is 71.6 Å². The minimum Gasteiger partial charge on any atom is -0.497 e. The monoisotopic (exact) mass is 420 g/mol. The second-order valence-corrected chi connectivity index (χ2v) is 7.21. The van der Waals surface area contributed by atoms with Gasteiger partial charge in [-0.1, -0.05) is 12.1 Å². The van der Waals surface area contributed by atoms with Crippen molar-refractivity contribution in [1.29, 1.82) is 5.26 Å². The molecule has 30 heavy (non-hydrogen) atoms. The van der Waals surface area contributed by atoms with Crippen LogP contribution in [0, 0.1) is 18.3 Å². The molecule has 0 spiro atoms. The van der Waals surface area contributed by atoms with Gasteiger partial charge in [-0.05, 0) is 48.7 Å². The van der Waals surface area contributed by atoms with Crippen molar-refractivity contribution in [2.45, 2.75) is 13.3 Å². The maximum absolute atomic E-state index is 9.87. The summed E-state index contributed by atoms with van der Waals surface area (Å²) in [5, 5.41) is 13.4. The van der Waals surface area contributed by atoms with Crippen LogP contribution in [-0.4, -0.2) is 29.5 Å². The number of para-hydroxylation sites is 2. The van der Waals surface area contributed by atoms with Crippen LogP contribution in [0.1, 0.15) is 16.7 Å². The maximum atomic E-state index is 9.87. The van der Waals surface area contributed by atoms with Gasteiger partial charge >= 0.3 is 0 Å².